The molecule has 0 saturated heterocycles. The Hall–Kier alpha value is -2.81. The highest BCUT2D eigenvalue weighted by Gasteiger charge is 2.12. The lowest BCUT2D eigenvalue weighted by Crippen LogP contribution is -1.98. The first-order chi connectivity index (χ1) is 13.7. The zero-order valence-electron chi connectivity index (χ0n) is 14.6. The highest BCUT2D eigenvalue weighted by Crippen LogP contribution is 2.35. The summed E-state index contributed by atoms with van der Waals surface area (Å²) in [5.74, 6) is 1.36. The molecule has 0 aliphatic rings. The molecule has 4 heterocycles. The molecule has 1 aromatic carbocycles. The van der Waals surface area contributed by atoms with Crippen molar-refractivity contribution in [2.45, 2.75) is 6.92 Å². The Morgan fingerprint density at radius 3 is 2.89 bits per heavy atom. The van der Waals surface area contributed by atoms with Crippen LogP contribution in [0.15, 0.2) is 53.1 Å². The van der Waals surface area contributed by atoms with E-state index in [0.717, 1.165) is 31.3 Å². The van der Waals surface area contributed by atoms with E-state index in [1.807, 2.05) is 41.1 Å². The molecule has 0 fully saturated rings. The molecule has 0 aliphatic carbocycles. The third kappa shape index (κ3) is 3.05. The number of aromatic nitrogens is 4. The Kier molecular flexibility index (Phi) is 4.31. The number of fused-ring (bicyclic) bond motifs is 2. The van der Waals surface area contributed by atoms with E-state index in [0.29, 0.717) is 16.8 Å². The first kappa shape index (κ1) is 17.3. The largest absolute Gasteiger partial charge is 0.288 e. The minimum absolute atomic E-state index is 0.420. The summed E-state index contributed by atoms with van der Waals surface area (Å²) in [6, 6.07) is 12.3. The second-order valence-electron chi connectivity index (χ2n) is 6.03. The van der Waals surface area contributed by atoms with Crippen LogP contribution in [0.4, 0.5) is 5.82 Å². The van der Waals surface area contributed by atoms with Gasteiger partial charge in [-0.05, 0) is 18.6 Å². The van der Waals surface area contributed by atoms with Gasteiger partial charge in [0.25, 0.3) is 0 Å². The average Bonchev–Trinajstić information content (AvgIpc) is 3.38. The van der Waals surface area contributed by atoms with E-state index in [1.54, 1.807) is 17.6 Å². The number of thiazole rings is 1. The lowest BCUT2D eigenvalue weighted by molar-refractivity contribution is 1.08. The summed E-state index contributed by atoms with van der Waals surface area (Å²) in [5.41, 5.74) is 4.93. The summed E-state index contributed by atoms with van der Waals surface area (Å²) in [6.07, 6.45) is 3.57. The van der Waals surface area contributed by atoms with Gasteiger partial charge in [-0.25, -0.2) is 15.0 Å². The molecule has 0 unspecified atom stereocenters. The Balaban J connectivity index is 1.51. The number of rotatable bonds is 4. The summed E-state index contributed by atoms with van der Waals surface area (Å²) in [4.78, 5) is 16.3. The van der Waals surface area contributed by atoms with Crippen molar-refractivity contribution in [2.75, 3.05) is 5.43 Å². The van der Waals surface area contributed by atoms with Gasteiger partial charge in [-0.2, -0.15) is 5.10 Å². The van der Waals surface area contributed by atoms with Crippen LogP contribution in [0.2, 0.25) is 5.15 Å². The number of hydrazone groups is 1. The Labute approximate surface area is 173 Å². The van der Waals surface area contributed by atoms with Crippen molar-refractivity contribution >= 4 is 61.5 Å². The van der Waals surface area contributed by atoms with Gasteiger partial charge in [-0.1, -0.05) is 41.9 Å². The monoisotopic (exact) mass is 424 g/mol. The van der Waals surface area contributed by atoms with Gasteiger partial charge in [0, 0.05) is 16.5 Å². The summed E-state index contributed by atoms with van der Waals surface area (Å²) in [5, 5.41) is 7.66. The predicted molar refractivity (Wildman–Crippen MR) is 117 cm³/mol. The molecule has 28 heavy (non-hydrogen) atoms. The Bertz CT molecular complexity index is 1320. The number of benzene rings is 1. The molecule has 0 amide bonds. The molecule has 4 aromatic heterocycles. The molecule has 0 aliphatic heterocycles. The fourth-order valence-electron chi connectivity index (χ4n) is 2.90. The molecular formula is C19H13ClN6S2. The van der Waals surface area contributed by atoms with Crippen LogP contribution in [0.5, 0.6) is 0 Å². The van der Waals surface area contributed by atoms with Crippen LogP contribution in [0.3, 0.4) is 0 Å². The number of halogens is 1. The number of aryl methyl sites for hydroxylation is 1. The van der Waals surface area contributed by atoms with Crippen LogP contribution < -0.4 is 5.43 Å². The maximum atomic E-state index is 6.21. The standard InChI is InChI=1S/C19H13ClN6S2/c1-11-22-17(25-21-10-14-16(20)24-19-26(14)7-8-27-19)13-9-15(28-18(13)23-11)12-5-3-2-4-6-12/h2-10H,1H3,(H,22,23,25)/b21-10+. The molecule has 0 radical (unpaired) electrons. The van der Waals surface area contributed by atoms with Crippen LogP contribution in [0.1, 0.15) is 11.5 Å². The van der Waals surface area contributed by atoms with Crippen molar-refractivity contribution in [2.24, 2.45) is 5.10 Å². The minimum atomic E-state index is 0.420. The highest BCUT2D eigenvalue weighted by atomic mass is 35.5. The number of hydrogen-bond donors (Lipinski definition) is 1. The lowest BCUT2D eigenvalue weighted by atomic mass is 10.2. The number of nitrogens with one attached hydrogen (secondary N) is 1. The van der Waals surface area contributed by atoms with Gasteiger partial charge in [0.15, 0.2) is 15.9 Å². The third-order valence-electron chi connectivity index (χ3n) is 4.17. The van der Waals surface area contributed by atoms with Crippen LogP contribution in [-0.4, -0.2) is 25.6 Å². The van der Waals surface area contributed by atoms with Crippen LogP contribution in [-0.2, 0) is 0 Å². The fraction of sp³-hybridized carbons (Fsp3) is 0.0526. The molecule has 0 atom stereocenters. The van der Waals surface area contributed by atoms with Crippen molar-refractivity contribution in [1.29, 1.82) is 0 Å². The molecule has 1 N–H and O–H groups in total. The van der Waals surface area contributed by atoms with E-state index in [-0.39, 0.29) is 0 Å². The second kappa shape index (κ2) is 6.97. The minimum Gasteiger partial charge on any atom is -0.288 e. The molecule has 0 spiro atoms. The maximum absolute atomic E-state index is 6.21. The molecule has 138 valence electrons. The number of imidazole rings is 1. The highest BCUT2D eigenvalue weighted by molar-refractivity contribution is 7.21. The first-order valence-electron chi connectivity index (χ1n) is 8.43. The molecular weight excluding hydrogens is 412 g/mol. The second-order valence-corrected chi connectivity index (χ2v) is 8.29. The van der Waals surface area contributed by atoms with Gasteiger partial charge in [0.2, 0.25) is 0 Å². The zero-order valence-corrected chi connectivity index (χ0v) is 17.0. The fourth-order valence-corrected chi connectivity index (χ4v) is 4.98. The SMILES string of the molecule is Cc1nc(N/N=C/c2c(Cl)nc3sccn23)c2cc(-c3ccccc3)sc2n1. The molecule has 5 rings (SSSR count). The van der Waals surface area contributed by atoms with E-state index in [1.165, 1.54) is 11.3 Å². The molecule has 9 heteroatoms. The Morgan fingerprint density at radius 1 is 1.18 bits per heavy atom. The molecule has 5 aromatic rings. The summed E-state index contributed by atoms with van der Waals surface area (Å²) in [6.45, 7) is 1.87. The van der Waals surface area contributed by atoms with E-state index in [4.69, 9.17) is 11.6 Å². The molecule has 0 bridgehead atoms. The topological polar surface area (TPSA) is 67.5 Å². The number of nitrogens with zero attached hydrogens (tertiary/aromatic N) is 5. The number of anilines is 1. The predicted octanol–water partition coefficient (Wildman–Crippen LogP) is 5.48. The van der Waals surface area contributed by atoms with Crippen molar-refractivity contribution in [1.82, 2.24) is 19.4 Å². The van der Waals surface area contributed by atoms with Gasteiger partial charge >= 0.3 is 0 Å². The van der Waals surface area contributed by atoms with Gasteiger partial charge in [0.05, 0.1) is 11.6 Å². The summed E-state index contributed by atoms with van der Waals surface area (Å²) < 4.78 is 1.90. The van der Waals surface area contributed by atoms with Gasteiger partial charge < -0.3 is 0 Å². The van der Waals surface area contributed by atoms with Gasteiger partial charge in [-0.3, -0.25) is 9.83 Å². The van der Waals surface area contributed by atoms with Crippen molar-refractivity contribution < 1.29 is 0 Å². The number of thiophene rings is 1. The van der Waals surface area contributed by atoms with E-state index < -0.39 is 0 Å². The molecule has 6 nitrogen and oxygen atoms in total. The van der Waals surface area contributed by atoms with Crippen LogP contribution >= 0.6 is 34.3 Å². The van der Waals surface area contributed by atoms with Crippen molar-refractivity contribution in [3.05, 3.63) is 64.6 Å². The normalized spacial score (nSPS) is 11.8. The van der Waals surface area contributed by atoms with E-state index in [9.17, 15) is 0 Å². The molecule has 0 saturated carbocycles. The van der Waals surface area contributed by atoms with E-state index in [2.05, 4.69) is 43.7 Å². The third-order valence-corrected chi connectivity index (χ3v) is 6.29. The average molecular weight is 425 g/mol. The smallest absolute Gasteiger partial charge is 0.195 e. The summed E-state index contributed by atoms with van der Waals surface area (Å²) >= 11 is 9.38. The van der Waals surface area contributed by atoms with Crippen LogP contribution in [0, 0.1) is 6.92 Å². The van der Waals surface area contributed by atoms with Gasteiger partial charge in [0.1, 0.15) is 16.3 Å². The van der Waals surface area contributed by atoms with Crippen LogP contribution in [0.25, 0.3) is 25.6 Å². The number of hydrogen-bond acceptors (Lipinski definition) is 7. The summed E-state index contributed by atoms with van der Waals surface area (Å²) in [7, 11) is 0. The quantitative estimate of drug-likeness (QED) is 0.306. The van der Waals surface area contributed by atoms with E-state index >= 15 is 0 Å². The first-order valence-corrected chi connectivity index (χ1v) is 10.5. The van der Waals surface area contributed by atoms with Crippen molar-refractivity contribution in [3.63, 3.8) is 0 Å². The van der Waals surface area contributed by atoms with Gasteiger partial charge in [-0.15, -0.1) is 22.7 Å². The Morgan fingerprint density at radius 2 is 2.04 bits per heavy atom. The maximum Gasteiger partial charge on any atom is 0.195 e. The lowest BCUT2D eigenvalue weighted by Gasteiger charge is -2.02. The zero-order chi connectivity index (χ0) is 19.1. The van der Waals surface area contributed by atoms with Crippen molar-refractivity contribution in [3.8, 4) is 10.4 Å².